The molecule has 1 aromatic heterocycles. The van der Waals surface area contributed by atoms with Gasteiger partial charge >= 0.3 is 0 Å². The van der Waals surface area contributed by atoms with Gasteiger partial charge in [0.1, 0.15) is 5.01 Å². The molecular formula is C27H18N2O2S. The molecular weight excluding hydrogens is 416 g/mol. The lowest BCUT2D eigenvalue weighted by Crippen LogP contribution is -2.12. The third-order valence-corrected chi connectivity index (χ3v) is 6.21. The number of nitrogens with one attached hydrogen (secondary N) is 1. The van der Waals surface area contributed by atoms with Crippen LogP contribution in [0.25, 0.3) is 20.8 Å². The molecule has 1 N–H and O–H groups in total. The van der Waals surface area contributed by atoms with Crippen LogP contribution >= 0.6 is 11.3 Å². The van der Waals surface area contributed by atoms with Crippen LogP contribution in [-0.2, 0) is 0 Å². The van der Waals surface area contributed by atoms with Crippen molar-refractivity contribution in [2.45, 2.75) is 0 Å². The van der Waals surface area contributed by atoms with Crippen molar-refractivity contribution in [3.8, 4) is 10.6 Å². The van der Waals surface area contributed by atoms with Crippen molar-refractivity contribution in [1.29, 1.82) is 0 Å². The van der Waals surface area contributed by atoms with E-state index in [1.165, 1.54) is 0 Å². The van der Waals surface area contributed by atoms with Crippen molar-refractivity contribution in [2.24, 2.45) is 0 Å². The quantitative estimate of drug-likeness (QED) is 0.324. The first-order valence-electron chi connectivity index (χ1n) is 10.1. The van der Waals surface area contributed by atoms with Crippen molar-refractivity contribution in [3.05, 3.63) is 120 Å². The van der Waals surface area contributed by atoms with Crippen LogP contribution in [0.15, 0.2) is 103 Å². The maximum Gasteiger partial charge on any atom is 0.255 e. The molecule has 0 aliphatic rings. The number of benzene rings is 4. The number of thiazole rings is 1. The van der Waals surface area contributed by atoms with Gasteiger partial charge in [0, 0.05) is 27.9 Å². The summed E-state index contributed by atoms with van der Waals surface area (Å²) < 4.78 is 1.15. The van der Waals surface area contributed by atoms with Gasteiger partial charge in [-0.05, 0) is 48.5 Å². The molecule has 0 fully saturated rings. The number of hydrogen-bond donors (Lipinski definition) is 1. The van der Waals surface area contributed by atoms with Gasteiger partial charge in [-0.2, -0.15) is 0 Å². The van der Waals surface area contributed by atoms with Gasteiger partial charge in [-0.15, -0.1) is 11.3 Å². The minimum Gasteiger partial charge on any atom is -0.322 e. The number of fused-ring (bicyclic) bond motifs is 1. The number of aromatic nitrogens is 1. The zero-order chi connectivity index (χ0) is 21.9. The zero-order valence-electron chi connectivity index (χ0n) is 17.0. The van der Waals surface area contributed by atoms with Gasteiger partial charge in [-0.1, -0.05) is 54.6 Å². The second-order valence-corrected chi connectivity index (χ2v) is 8.32. The third-order valence-electron chi connectivity index (χ3n) is 5.13. The third kappa shape index (κ3) is 4.06. The maximum absolute atomic E-state index is 12.6. The van der Waals surface area contributed by atoms with E-state index in [1.807, 2.05) is 60.7 Å². The molecule has 0 radical (unpaired) electrons. The Labute approximate surface area is 189 Å². The molecule has 0 spiro atoms. The first-order chi connectivity index (χ1) is 15.7. The van der Waals surface area contributed by atoms with E-state index in [9.17, 15) is 9.59 Å². The summed E-state index contributed by atoms with van der Waals surface area (Å²) in [4.78, 5) is 29.8. The minimum atomic E-state index is -0.226. The van der Waals surface area contributed by atoms with Gasteiger partial charge in [0.2, 0.25) is 0 Å². The largest absolute Gasteiger partial charge is 0.322 e. The zero-order valence-corrected chi connectivity index (χ0v) is 17.8. The smallest absolute Gasteiger partial charge is 0.255 e. The molecule has 0 atom stereocenters. The van der Waals surface area contributed by atoms with Crippen molar-refractivity contribution in [2.75, 3.05) is 5.32 Å². The Kier molecular flexibility index (Phi) is 5.32. The van der Waals surface area contributed by atoms with E-state index in [2.05, 4.69) is 16.4 Å². The Balaban J connectivity index is 1.28. The second kappa shape index (κ2) is 8.57. The van der Waals surface area contributed by atoms with Crippen molar-refractivity contribution in [3.63, 3.8) is 0 Å². The lowest BCUT2D eigenvalue weighted by Gasteiger charge is -2.07. The predicted octanol–water partition coefficient (Wildman–Crippen LogP) is 6.45. The van der Waals surface area contributed by atoms with E-state index in [4.69, 9.17) is 0 Å². The topological polar surface area (TPSA) is 59.1 Å². The van der Waals surface area contributed by atoms with Gasteiger partial charge in [0.05, 0.1) is 10.2 Å². The van der Waals surface area contributed by atoms with Crippen LogP contribution in [0.4, 0.5) is 5.69 Å². The molecule has 0 aliphatic carbocycles. The molecule has 5 aromatic rings. The summed E-state index contributed by atoms with van der Waals surface area (Å²) in [5.74, 6) is -0.292. The fourth-order valence-electron chi connectivity index (χ4n) is 3.42. The lowest BCUT2D eigenvalue weighted by molar-refractivity contribution is 0.102. The van der Waals surface area contributed by atoms with Gasteiger partial charge in [0.25, 0.3) is 5.91 Å². The molecule has 0 saturated heterocycles. The fraction of sp³-hybridized carbons (Fsp3) is 0. The van der Waals surface area contributed by atoms with E-state index in [0.29, 0.717) is 22.4 Å². The van der Waals surface area contributed by atoms with Crippen LogP contribution < -0.4 is 5.32 Å². The number of rotatable bonds is 5. The summed E-state index contributed by atoms with van der Waals surface area (Å²) in [5, 5.41) is 3.85. The average molecular weight is 435 g/mol. The van der Waals surface area contributed by atoms with Gasteiger partial charge in [0.15, 0.2) is 5.78 Å². The summed E-state index contributed by atoms with van der Waals surface area (Å²) in [6.45, 7) is 0. The predicted molar refractivity (Wildman–Crippen MR) is 129 cm³/mol. The Morgan fingerprint density at radius 3 is 2.00 bits per heavy atom. The van der Waals surface area contributed by atoms with E-state index < -0.39 is 0 Å². The molecule has 0 unspecified atom stereocenters. The monoisotopic (exact) mass is 434 g/mol. The molecule has 0 bridgehead atoms. The number of nitrogens with zero attached hydrogens (tertiary/aromatic N) is 1. The highest BCUT2D eigenvalue weighted by Gasteiger charge is 2.11. The van der Waals surface area contributed by atoms with Crippen LogP contribution in [0, 0.1) is 0 Å². The number of para-hydroxylation sites is 1. The number of hydrogen-bond acceptors (Lipinski definition) is 4. The molecule has 5 rings (SSSR count). The molecule has 4 nitrogen and oxygen atoms in total. The first-order valence-corrected chi connectivity index (χ1v) is 11.0. The van der Waals surface area contributed by atoms with Crippen molar-refractivity contribution >= 4 is 38.9 Å². The number of amides is 1. The van der Waals surface area contributed by atoms with Crippen molar-refractivity contribution in [1.82, 2.24) is 4.98 Å². The number of carbonyl (C=O) groups is 2. The normalized spacial score (nSPS) is 10.8. The molecule has 5 heteroatoms. The highest BCUT2D eigenvalue weighted by molar-refractivity contribution is 7.21. The molecule has 1 heterocycles. The van der Waals surface area contributed by atoms with Crippen molar-refractivity contribution < 1.29 is 9.59 Å². The molecule has 154 valence electrons. The SMILES string of the molecule is O=C(Nc1ccc(-c2nc3ccccc3s2)cc1)c1ccc(C(=O)c2ccccc2)cc1. The maximum atomic E-state index is 12.6. The Bertz CT molecular complexity index is 1370. The first kappa shape index (κ1) is 19.8. The average Bonchev–Trinajstić information content (AvgIpc) is 3.29. The van der Waals surface area contributed by atoms with Gasteiger partial charge < -0.3 is 5.32 Å². The molecule has 4 aromatic carbocycles. The van der Waals surface area contributed by atoms with Crippen LogP contribution in [-0.4, -0.2) is 16.7 Å². The summed E-state index contributed by atoms with van der Waals surface area (Å²) >= 11 is 1.64. The van der Waals surface area contributed by atoms with Crippen LogP contribution in [0.3, 0.4) is 0 Å². The summed E-state index contributed by atoms with van der Waals surface area (Å²) in [7, 11) is 0. The molecule has 0 saturated carbocycles. The van der Waals surface area contributed by atoms with Crippen LogP contribution in [0.2, 0.25) is 0 Å². The van der Waals surface area contributed by atoms with Crippen LogP contribution in [0.5, 0.6) is 0 Å². The molecule has 0 aliphatic heterocycles. The van der Waals surface area contributed by atoms with E-state index in [0.717, 1.165) is 20.8 Å². The van der Waals surface area contributed by atoms with E-state index in [1.54, 1.807) is 47.7 Å². The second-order valence-electron chi connectivity index (χ2n) is 7.29. The Morgan fingerprint density at radius 1 is 0.656 bits per heavy atom. The highest BCUT2D eigenvalue weighted by Crippen LogP contribution is 2.30. The Hall–Kier alpha value is -4.09. The van der Waals surface area contributed by atoms with E-state index >= 15 is 0 Å². The van der Waals surface area contributed by atoms with Gasteiger partial charge in [-0.3, -0.25) is 9.59 Å². The number of ketones is 1. The Morgan fingerprint density at radius 2 is 1.28 bits per heavy atom. The minimum absolute atomic E-state index is 0.0667. The van der Waals surface area contributed by atoms with E-state index in [-0.39, 0.29) is 11.7 Å². The van der Waals surface area contributed by atoms with Gasteiger partial charge in [-0.25, -0.2) is 4.98 Å². The molecule has 32 heavy (non-hydrogen) atoms. The number of anilines is 1. The molecule has 1 amide bonds. The standard InChI is InChI=1S/C27H18N2O2S/c30-25(18-6-2-1-3-7-18)19-10-12-20(13-11-19)26(31)28-22-16-14-21(15-17-22)27-29-23-8-4-5-9-24(23)32-27/h1-17H,(H,28,31). The fourth-order valence-corrected chi connectivity index (χ4v) is 4.40. The summed E-state index contributed by atoms with van der Waals surface area (Å²) in [6, 6.07) is 31.5. The van der Waals surface area contributed by atoms with Crippen LogP contribution in [0.1, 0.15) is 26.3 Å². The highest BCUT2D eigenvalue weighted by atomic mass is 32.1. The summed E-state index contributed by atoms with van der Waals surface area (Å²) in [5.41, 5.74) is 4.35. The lowest BCUT2D eigenvalue weighted by atomic mass is 10.0. The summed E-state index contributed by atoms with van der Waals surface area (Å²) in [6.07, 6.45) is 0. The number of carbonyl (C=O) groups excluding carboxylic acids is 2.